The van der Waals surface area contributed by atoms with Crippen LogP contribution in [0.1, 0.15) is 51.9 Å². The Balaban J connectivity index is 2.37. The van der Waals surface area contributed by atoms with Gasteiger partial charge in [-0.15, -0.1) is 0 Å². The highest BCUT2D eigenvalue weighted by Crippen LogP contribution is 2.37. The van der Waals surface area contributed by atoms with E-state index >= 15 is 0 Å². The fourth-order valence-electron chi connectivity index (χ4n) is 2.47. The number of amides is 1. The van der Waals surface area contributed by atoms with Gasteiger partial charge >= 0.3 is 13.3 Å². The van der Waals surface area contributed by atoms with Crippen LogP contribution in [-0.4, -0.2) is 43.1 Å². The first-order valence-corrected chi connectivity index (χ1v) is 8.72. The molecule has 9 heteroatoms. The number of benzene rings is 1. The van der Waals surface area contributed by atoms with Crippen molar-refractivity contribution in [2.24, 2.45) is 0 Å². The van der Waals surface area contributed by atoms with Crippen LogP contribution in [0, 0.1) is 0 Å². The van der Waals surface area contributed by atoms with Gasteiger partial charge in [0.25, 0.3) is 5.91 Å². The van der Waals surface area contributed by atoms with Crippen LogP contribution in [-0.2, 0) is 9.31 Å². The summed E-state index contributed by atoms with van der Waals surface area (Å²) in [7, 11) is -0.902. The summed E-state index contributed by atoms with van der Waals surface area (Å²) in [5.74, 6) is -0.496. The maximum atomic E-state index is 12.7. The number of rotatable bonds is 5. The van der Waals surface area contributed by atoms with Gasteiger partial charge in [-0.25, -0.2) is 0 Å². The summed E-state index contributed by atoms with van der Waals surface area (Å²) in [6.45, 7) is 9.47. The summed E-state index contributed by atoms with van der Waals surface area (Å²) >= 11 is 0. The number of carbonyl (C=O) groups is 1. The molecule has 1 aromatic rings. The van der Waals surface area contributed by atoms with E-state index in [1.807, 2.05) is 27.7 Å². The second-order valence-corrected chi connectivity index (χ2v) is 7.87. The first-order chi connectivity index (χ1) is 12.2. The molecule has 2 rings (SSSR count). The Kier molecular flexibility index (Phi) is 5.87. The minimum Gasteiger partial charge on any atom is -0.484 e. The molecule has 1 N–H and O–H groups in total. The molecule has 1 fully saturated rings. The third-order valence-electron chi connectivity index (χ3n) is 4.59. The lowest BCUT2D eigenvalue weighted by Gasteiger charge is -2.32. The normalized spacial score (nSPS) is 18.7. The van der Waals surface area contributed by atoms with Gasteiger partial charge in [0.1, 0.15) is 5.75 Å². The lowest BCUT2D eigenvalue weighted by molar-refractivity contribution is -0.153. The highest BCUT2D eigenvalue weighted by Gasteiger charge is 2.52. The molecule has 0 saturated carbocycles. The monoisotopic (exact) mass is 387 g/mol. The Bertz CT molecular complexity index is 688. The van der Waals surface area contributed by atoms with Gasteiger partial charge in [-0.2, -0.15) is 13.2 Å². The Morgan fingerprint density at radius 3 is 2.22 bits per heavy atom. The average Bonchev–Trinajstić information content (AvgIpc) is 2.71. The third-order valence-corrected chi connectivity index (χ3v) is 4.59. The van der Waals surface area contributed by atoms with Crippen LogP contribution in [0.15, 0.2) is 18.2 Å². The number of nitrogens with one attached hydrogen (secondary N) is 1. The van der Waals surface area contributed by atoms with Crippen LogP contribution in [0.3, 0.4) is 0 Å². The van der Waals surface area contributed by atoms with Crippen molar-refractivity contribution in [1.82, 2.24) is 5.32 Å². The van der Waals surface area contributed by atoms with Gasteiger partial charge < -0.3 is 19.4 Å². The summed E-state index contributed by atoms with van der Waals surface area (Å²) in [6.07, 6.45) is -4.51. The van der Waals surface area contributed by atoms with E-state index in [0.29, 0.717) is 5.46 Å². The number of alkyl halides is 3. The first-order valence-electron chi connectivity index (χ1n) is 8.72. The number of ether oxygens (including phenoxy) is 1. The molecule has 5 nitrogen and oxygen atoms in total. The molecule has 1 aliphatic heterocycles. The van der Waals surface area contributed by atoms with E-state index in [9.17, 15) is 18.0 Å². The smallest absolute Gasteiger partial charge is 0.484 e. The summed E-state index contributed by atoms with van der Waals surface area (Å²) in [5, 5.41) is 2.69. The van der Waals surface area contributed by atoms with Gasteiger partial charge in [0.15, 0.2) is 6.61 Å². The molecular formula is C18H25BF3NO4. The lowest BCUT2D eigenvalue weighted by Crippen LogP contribution is -2.41. The van der Waals surface area contributed by atoms with Crippen LogP contribution in [0.25, 0.3) is 0 Å². The molecule has 0 atom stereocenters. The van der Waals surface area contributed by atoms with Gasteiger partial charge in [-0.05, 0) is 53.7 Å². The minimum absolute atomic E-state index is 0.0952. The van der Waals surface area contributed by atoms with E-state index in [4.69, 9.17) is 14.0 Å². The van der Waals surface area contributed by atoms with E-state index in [2.05, 4.69) is 5.32 Å². The van der Waals surface area contributed by atoms with Crippen molar-refractivity contribution in [1.29, 1.82) is 0 Å². The fraction of sp³-hybridized carbons (Fsp3) is 0.611. The largest absolute Gasteiger partial charge is 0.498 e. The number of hydrogen-bond acceptors (Lipinski definition) is 4. The number of carbonyl (C=O) groups excluding carboxylic acids is 1. The number of halogens is 3. The summed E-state index contributed by atoms with van der Waals surface area (Å²) in [4.78, 5) is 12.2. The SMILES string of the molecule is CC(C)NC(=O)c1ccc(B2OC(C)(C)C(C)(C)O2)c(OCC(F)(F)F)c1. The standard InChI is InChI=1S/C18H25BF3NO4/c1-11(2)23-15(24)12-7-8-13(14(9-12)25-10-18(20,21)22)19-26-16(3,4)17(5,6)27-19/h7-9,11H,10H2,1-6H3,(H,23,24). The maximum Gasteiger partial charge on any atom is 0.498 e. The van der Waals surface area contributed by atoms with Crippen molar-refractivity contribution < 1.29 is 32.0 Å². The molecule has 0 aliphatic carbocycles. The van der Waals surface area contributed by atoms with Gasteiger partial charge in [-0.1, -0.05) is 6.07 Å². The zero-order chi connectivity index (χ0) is 20.6. The van der Waals surface area contributed by atoms with Crippen molar-refractivity contribution >= 4 is 18.5 Å². The van der Waals surface area contributed by atoms with Crippen LogP contribution in [0.5, 0.6) is 5.75 Å². The highest BCUT2D eigenvalue weighted by molar-refractivity contribution is 6.63. The van der Waals surface area contributed by atoms with Crippen LogP contribution < -0.4 is 15.5 Å². The summed E-state index contributed by atoms with van der Waals surface area (Å²) < 4.78 is 54.8. The molecule has 150 valence electrons. The van der Waals surface area contributed by atoms with Crippen LogP contribution >= 0.6 is 0 Å². The second kappa shape index (κ2) is 7.35. The van der Waals surface area contributed by atoms with E-state index in [-0.39, 0.29) is 17.4 Å². The average molecular weight is 387 g/mol. The third kappa shape index (κ3) is 5.16. The highest BCUT2D eigenvalue weighted by atomic mass is 19.4. The van der Waals surface area contributed by atoms with E-state index in [1.165, 1.54) is 18.2 Å². The fourth-order valence-corrected chi connectivity index (χ4v) is 2.47. The van der Waals surface area contributed by atoms with E-state index < -0.39 is 37.0 Å². The van der Waals surface area contributed by atoms with Gasteiger partial charge in [0, 0.05) is 17.1 Å². The predicted molar refractivity (Wildman–Crippen MR) is 96.3 cm³/mol. The van der Waals surface area contributed by atoms with Crippen molar-refractivity contribution in [2.75, 3.05) is 6.61 Å². The van der Waals surface area contributed by atoms with Crippen molar-refractivity contribution in [3.05, 3.63) is 23.8 Å². The molecule has 1 saturated heterocycles. The molecule has 1 heterocycles. The van der Waals surface area contributed by atoms with Crippen molar-refractivity contribution in [3.8, 4) is 5.75 Å². The van der Waals surface area contributed by atoms with Gasteiger partial charge in [0.2, 0.25) is 0 Å². The molecular weight excluding hydrogens is 362 g/mol. The molecule has 0 spiro atoms. The zero-order valence-corrected chi connectivity index (χ0v) is 16.4. The summed E-state index contributed by atoms with van der Waals surface area (Å²) in [6, 6.07) is 4.19. The topological polar surface area (TPSA) is 56.8 Å². The molecule has 0 radical (unpaired) electrons. The molecule has 1 aromatic carbocycles. The van der Waals surface area contributed by atoms with Gasteiger partial charge in [0.05, 0.1) is 11.2 Å². The Labute approximate surface area is 157 Å². The molecule has 1 amide bonds. The lowest BCUT2D eigenvalue weighted by atomic mass is 9.78. The zero-order valence-electron chi connectivity index (χ0n) is 16.4. The Morgan fingerprint density at radius 1 is 1.19 bits per heavy atom. The van der Waals surface area contributed by atoms with E-state index in [0.717, 1.165) is 0 Å². The first kappa shape index (κ1) is 21.6. The Morgan fingerprint density at radius 2 is 1.74 bits per heavy atom. The minimum atomic E-state index is -4.51. The molecule has 27 heavy (non-hydrogen) atoms. The maximum absolute atomic E-state index is 12.7. The molecule has 1 aliphatic rings. The van der Waals surface area contributed by atoms with Crippen LogP contribution in [0.4, 0.5) is 13.2 Å². The van der Waals surface area contributed by atoms with Crippen molar-refractivity contribution in [2.45, 2.75) is 65.0 Å². The van der Waals surface area contributed by atoms with E-state index in [1.54, 1.807) is 13.8 Å². The number of hydrogen-bond donors (Lipinski definition) is 1. The predicted octanol–water partition coefficient (Wildman–Crippen LogP) is 3.07. The van der Waals surface area contributed by atoms with Gasteiger partial charge in [-0.3, -0.25) is 4.79 Å². The molecule has 0 bridgehead atoms. The molecule has 0 unspecified atom stereocenters. The molecule has 0 aromatic heterocycles. The summed E-state index contributed by atoms with van der Waals surface area (Å²) in [5.41, 5.74) is -0.820. The Hall–Kier alpha value is -1.74. The van der Waals surface area contributed by atoms with Crippen molar-refractivity contribution in [3.63, 3.8) is 0 Å². The van der Waals surface area contributed by atoms with Crippen LogP contribution in [0.2, 0.25) is 0 Å². The quantitative estimate of drug-likeness (QED) is 0.790. The second-order valence-electron chi connectivity index (χ2n) is 7.87.